The van der Waals surface area contributed by atoms with Crippen molar-refractivity contribution in [2.45, 2.75) is 37.8 Å². The number of carbonyl (C=O) groups is 4. The highest BCUT2D eigenvalue weighted by Gasteiger charge is 2.42. The highest BCUT2D eigenvalue weighted by molar-refractivity contribution is 6.06. The molecule has 3 rings (SSSR count). The van der Waals surface area contributed by atoms with Crippen LogP contribution in [0.4, 0.5) is 0 Å². The Balaban J connectivity index is 1.71. The van der Waals surface area contributed by atoms with Gasteiger partial charge in [0.05, 0.1) is 12.6 Å². The molecule has 0 aromatic heterocycles. The Labute approximate surface area is 128 Å². The first kappa shape index (κ1) is 15.0. The fourth-order valence-electron chi connectivity index (χ4n) is 3.32. The highest BCUT2D eigenvalue weighted by Crippen LogP contribution is 2.22. The molecule has 0 unspecified atom stereocenters. The number of rotatable bonds is 2. The van der Waals surface area contributed by atoms with Gasteiger partial charge in [-0.3, -0.25) is 24.1 Å². The third-order valence-electron chi connectivity index (χ3n) is 4.48. The summed E-state index contributed by atoms with van der Waals surface area (Å²) in [6, 6.07) is -0.849. The van der Waals surface area contributed by atoms with Gasteiger partial charge in [-0.05, 0) is 32.2 Å². The number of amides is 4. The third kappa shape index (κ3) is 2.70. The molecule has 2 N–H and O–H groups in total. The van der Waals surface area contributed by atoms with Crippen molar-refractivity contribution in [3.05, 3.63) is 0 Å². The molecule has 0 aliphatic carbocycles. The SMILES string of the molecule is O=C1CN(C(=O)[C@H]2CCCN2C(=O)[C@H]2CCCN2)C(=O)CN1. The third-order valence-corrected chi connectivity index (χ3v) is 4.48. The lowest BCUT2D eigenvalue weighted by molar-refractivity contribution is -0.155. The Morgan fingerprint density at radius 1 is 1.09 bits per heavy atom. The van der Waals surface area contributed by atoms with Gasteiger partial charge in [-0.15, -0.1) is 0 Å². The predicted octanol–water partition coefficient (Wildman–Crippen LogP) is -1.79. The minimum absolute atomic E-state index is 0.0674. The molecule has 0 aromatic rings. The summed E-state index contributed by atoms with van der Waals surface area (Å²) in [6.07, 6.45) is 3.01. The summed E-state index contributed by atoms with van der Waals surface area (Å²) in [5, 5.41) is 5.55. The van der Waals surface area contributed by atoms with Gasteiger partial charge in [0.2, 0.25) is 17.7 Å². The topological polar surface area (TPSA) is 98.8 Å². The van der Waals surface area contributed by atoms with Gasteiger partial charge < -0.3 is 15.5 Å². The van der Waals surface area contributed by atoms with E-state index in [-0.39, 0.29) is 30.9 Å². The highest BCUT2D eigenvalue weighted by atomic mass is 16.2. The zero-order chi connectivity index (χ0) is 15.7. The Bertz CT molecular complexity index is 515. The van der Waals surface area contributed by atoms with Gasteiger partial charge in [-0.25, -0.2) is 0 Å². The van der Waals surface area contributed by atoms with E-state index in [9.17, 15) is 19.2 Å². The average Bonchev–Trinajstić information content (AvgIpc) is 3.19. The maximum absolute atomic E-state index is 12.6. The lowest BCUT2D eigenvalue weighted by Crippen LogP contribution is -2.59. The van der Waals surface area contributed by atoms with E-state index in [0.717, 1.165) is 30.7 Å². The lowest BCUT2D eigenvalue weighted by atomic mass is 10.1. The molecule has 3 saturated heterocycles. The van der Waals surface area contributed by atoms with Crippen molar-refractivity contribution in [3.8, 4) is 0 Å². The van der Waals surface area contributed by atoms with E-state index in [1.807, 2.05) is 0 Å². The summed E-state index contributed by atoms with van der Waals surface area (Å²) in [5.74, 6) is -1.25. The van der Waals surface area contributed by atoms with Crippen molar-refractivity contribution in [1.29, 1.82) is 0 Å². The Hall–Kier alpha value is -1.96. The number of piperazine rings is 1. The van der Waals surface area contributed by atoms with Crippen LogP contribution in [0.5, 0.6) is 0 Å². The van der Waals surface area contributed by atoms with Gasteiger partial charge in [-0.2, -0.15) is 0 Å². The van der Waals surface area contributed by atoms with Gasteiger partial charge in [-0.1, -0.05) is 0 Å². The van der Waals surface area contributed by atoms with Crippen molar-refractivity contribution >= 4 is 23.6 Å². The second-order valence-electron chi connectivity index (χ2n) is 5.93. The molecule has 0 aromatic carbocycles. The molecular weight excluding hydrogens is 288 g/mol. The van der Waals surface area contributed by atoms with E-state index in [4.69, 9.17) is 0 Å². The van der Waals surface area contributed by atoms with Crippen LogP contribution >= 0.6 is 0 Å². The Kier molecular flexibility index (Phi) is 4.10. The normalized spacial score (nSPS) is 28.9. The minimum atomic E-state index is -0.621. The molecule has 0 radical (unpaired) electrons. The fourth-order valence-corrected chi connectivity index (χ4v) is 3.32. The monoisotopic (exact) mass is 308 g/mol. The summed E-state index contributed by atoms with van der Waals surface area (Å²) in [5.41, 5.74) is 0. The molecule has 0 saturated carbocycles. The molecule has 0 spiro atoms. The van der Waals surface area contributed by atoms with Crippen LogP contribution in [0.3, 0.4) is 0 Å². The maximum atomic E-state index is 12.6. The van der Waals surface area contributed by atoms with Gasteiger partial charge in [0, 0.05) is 6.54 Å². The number of carbonyl (C=O) groups excluding carboxylic acids is 4. The first-order valence-electron chi connectivity index (χ1n) is 7.72. The van der Waals surface area contributed by atoms with Crippen LogP contribution in [0.1, 0.15) is 25.7 Å². The van der Waals surface area contributed by atoms with Crippen molar-refractivity contribution in [2.24, 2.45) is 0 Å². The van der Waals surface area contributed by atoms with E-state index in [0.29, 0.717) is 13.0 Å². The molecule has 0 bridgehead atoms. The largest absolute Gasteiger partial charge is 0.345 e. The first-order valence-corrected chi connectivity index (χ1v) is 7.72. The van der Waals surface area contributed by atoms with E-state index >= 15 is 0 Å². The summed E-state index contributed by atoms with van der Waals surface area (Å²) in [7, 11) is 0. The van der Waals surface area contributed by atoms with Crippen LogP contribution in [0.2, 0.25) is 0 Å². The summed E-state index contributed by atoms with van der Waals surface area (Å²) in [4.78, 5) is 50.9. The molecule has 3 aliphatic heterocycles. The van der Waals surface area contributed by atoms with Gasteiger partial charge in [0.1, 0.15) is 12.6 Å². The second-order valence-corrected chi connectivity index (χ2v) is 5.93. The Morgan fingerprint density at radius 3 is 2.64 bits per heavy atom. The number of likely N-dealkylation sites (tertiary alicyclic amines) is 1. The Morgan fingerprint density at radius 2 is 1.91 bits per heavy atom. The van der Waals surface area contributed by atoms with Crippen LogP contribution < -0.4 is 10.6 Å². The van der Waals surface area contributed by atoms with Gasteiger partial charge in [0.15, 0.2) is 0 Å². The van der Waals surface area contributed by atoms with Crippen LogP contribution in [0.25, 0.3) is 0 Å². The first-order chi connectivity index (χ1) is 10.6. The average molecular weight is 308 g/mol. The zero-order valence-electron chi connectivity index (χ0n) is 12.3. The van der Waals surface area contributed by atoms with Crippen LogP contribution in [-0.4, -0.2) is 71.7 Å². The van der Waals surface area contributed by atoms with E-state index in [1.165, 1.54) is 0 Å². The molecule has 8 nitrogen and oxygen atoms in total. The summed E-state index contributed by atoms with van der Waals surface area (Å²) < 4.78 is 0. The number of hydrogen-bond donors (Lipinski definition) is 2. The van der Waals surface area contributed by atoms with E-state index in [1.54, 1.807) is 4.90 Å². The molecule has 4 amide bonds. The molecule has 3 fully saturated rings. The van der Waals surface area contributed by atoms with E-state index < -0.39 is 17.9 Å². The minimum Gasteiger partial charge on any atom is -0.345 e. The summed E-state index contributed by atoms with van der Waals surface area (Å²) in [6.45, 7) is 0.933. The van der Waals surface area contributed by atoms with Crippen molar-refractivity contribution in [1.82, 2.24) is 20.4 Å². The smallest absolute Gasteiger partial charge is 0.252 e. The molecule has 8 heteroatoms. The van der Waals surface area contributed by atoms with E-state index in [2.05, 4.69) is 10.6 Å². The van der Waals surface area contributed by atoms with Crippen molar-refractivity contribution in [2.75, 3.05) is 26.2 Å². The number of nitrogens with one attached hydrogen (secondary N) is 2. The van der Waals surface area contributed by atoms with Crippen LogP contribution in [0.15, 0.2) is 0 Å². The van der Waals surface area contributed by atoms with Gasteiger partial charge >= 0.3 is 0 Å². The predicted molar refractivity (Wildman–Crippen MR) is 75.5 cm³/mol. The number of nitrogens with zero attached hydrogens (tertiary/aromatic N) is 2. The number of imide groups is 1. The van der Waals surface area contributed by atoms with Gasteiger partial charge in [0.25, 0.3) is 5.91 Å². The maximum Gasteiger partial charge on any atom is 0.252 e. The molecule has 2 atom stereocenters. The number of hydrogen-bond acceptors (Lipinski definition) is 5. The lowest BCUT2D eigenvalue weighted by Gasteiger charge is -2.32. The van der Waals surface area contributed by atoms with Crippen molar-refractivity contribution < 1.29 is 19.2 Å². The molecule has 120 valence electrons. The van der Waals surface area contributed by atoms with Crippen LogP contribution in [0, 0.1) is 0 Å². The molecule has 3 heterocycles. The quantitative estimate of drug-likeness (QED) is 0.587. The van der Waals surface area contributed by atoms with Crippen molar-refractivity contribution in [3.63, 3.8) is 0 Å². The summed E-state index contributed by atoms with van der Waals surface area (Å²) >= 11 is 0. The molecule has 3 aliphatic rings. The fraction of sp³-hybridized carbons (Fsp3) is 0.714. The molecule has 22 heavy (non-hydrogen) atoms. The second kappa shape index (κ2) is 6.04. The molecular formula is C14H20N4O4. The standard InChI is InChI=1S/C14H20N4O4/c19-11-8-18(12(20)7-16-11)14(22)10-4-2-6-17(10)13(21)9-3-1-5-15-9/h9-10,15H,1-8H2,(H,16,19)/t9-,10-/m1/s1. The zero-order valence-corrected chi connectivity index (χ0v) is 12.3. The van der Waals surface area contributed by atoms with Crippen LogP contribution in [-0.2, 0) is 19.2 Å².